The van der Waals surface area contributed by atoms with Crippen molar-refractivity contribution in [1.82, 2.24) is 19.4 Å². The van der Waals surface area contributed by atoms with Crippen LogP contribution in [0.4, 0.5) is 0 Å². The number of methoxy groups -OCH3 is 1. The summed E-state index contributed by atoms with van der Waals surface area (Å²) in [6, 6.07) is 18.8. The number of nitrogens with zero attached hydrogens (tertiary/aromatic N) is 5. The van der Waals surface area contributed by atoms with Crippen molar-refractivity contribution in [2.24, 2.45) is 0 Å². The number of pyridine rings is 1. The van der Waals surface area contributed by atoms with E-state index in [2.05, 4.69) is 21.6 Å². The summed E-state index contributed by atoms with van der Waals surface area (Å²) >= 11 is 6.08. The lowest BCUT2D eigenvalue weighted by atomic mass is 9.93. The molecule has 2 aliphatic heterocycles. The number of halogens is 1. The lowest BCUT2D eigenvalue weighted by Gasteiger charge is -2.32. The number of carbonyl (C=O) groups excluding carboxylic acids is 1. The van der Waals surface area contributed by atoms with E-state index in [4.69, 9.17) is 40.2 Å². The van der Waals surface area contributed by atoms with Gasteiger partial charge in [-0.25, -0.2) is 14.8 Å². The third-order valence-electron chi connectivity index (χ3n) is 8.77. The van der Waals surface area contributed by atoms with Crippen LogP contribution in [-0.2, 0) is 29.2 Å². The van der Waals surface area contributed by atoms with Gasteiger partial charge in [0.25, 0.3) is 0 Å². The Morgan fingerprint density at radius 2 is 1.96 bits per heavy atom. The molecule has 45 heavy (non-hydrogen) atoms. The molecule has 11 heteroatoms. The quantitative estimate of drug-likeness (QED) is 0.176. The molecule has 2 aromatic carbocycles. The van der Waals surface area contributed by atoms with Crippen LogP contribution in [0, 0.1) is 11.3 Å². The molecule has 0 unspecified atom stereocenters. The standard InChI is InChI=1S/C34H32ClN5O5/c1-42-34(41)22-7-8-28-29(15-22)40(18-25-11-14-43-25)31(37-28)19-39-12-9-21(10-13-39)27-3-2-4-32(38-27)44-20-24-6-5-23(17-36)26-16-30(35)45-33(24)26/h2-8,15-16,21,25H,9-14,18-20H2,1H3/t25-/m0/s1. The maximum atomic E-state index is 12.2. The summed E-state index contributed by atoms with van der Waals surface area (Å²) in [5.41, 5.74) is 5.19. The van der Waals surface area contributed by atoms with Crippen molar-refractivity contribution in [3.8, 4) is 11.9 Å². The fraction of sp³-hybridized carbons (Fsp3) is 0.353. The first-order chi connectivity index (χ1) is 22.0. The van der Waals surface area contributed by atoms with Gasteiger partial charge in [-0.2, -0.15) is 5.26 Å². The van der Waals surface area contributed by atoms with Gasteiger partial charge in [0.15, 0.2) is 5.22 Å². The second-order valence-electron chi connectivity index (χ2n) is 11.5. The highest BCUT2D eigenvalue weighted by Crippen LogP contribution is 2.32. The number of ether oxygens (including phenoxy) is 3. The second kappa shape index (κ2) is 12.5. The first kappa shape index (κ1) is 29.3. The van der Waals surface area contributed by atoms with Crippen LogP contribution in [0.15, 0.2) is 59.0 Å². The molecule has 3 aromatic heterocycles. The Balaban J connectivity index is 1.01. The van der Waals surface area contributed by atoms with E-state index in [9.17, 15) is 10.1 Å². The van der Waals surface area contributed by atoms with Crippen LogP contribution in [-0.4, -0.2) is 58.3 Å². The molecule has 230 valence electrons. The number of rotatable bonds is 9. The average molecular weight is 626 g/mol. The number of benzene rings is 2. The zero-order valence-electron chi connectivity index (χ0n) is 24.9. The van der Waals surface area contributed by atoms with Crippen molar-refractivity contribution in [1.29, 1.82) is 5.26 Å². The van der Waals surface area contributed by atoms with Crippen molar-refractivity contribution in [3.05, 3.63) is 88.0 Å². The van der Waals surface area contributed by atoms with E-state index in [1.165, 1.54) is 7.11 Å². The summed E-state index contributed by atoms with van der Waals surface area (Å²) in [6.07, 6.45) is 3.12. The molecule has 0 bridgehead atoms. The van der Waals surface area contributed by atoms with E-state index in [1.54, 1.807) is 18.2 Å². The highest BCUT2D eigenvalue weighted by atomic mass is 35.5. The first-order valence-corrected chi connectivity index (χ1v) is 15.5. The van der Waals surface area contributed by atoms with Gasteiger partial charge in [-0.1, -0.05) is 12.1 Å². The topological polar surface area (TPSA) is 116 Å². The largest absolute Gasteiger partial charge is 0.473 e. The number of nitriles is 1. The van der Waals surface area contributed by atoms with Crippen LogP contribution >= 0.6 is 11.6 Å². The van der Waals surface area contributed by atoms with Crippen LogP contribution in [0.25, 0.3) is 22.0 Å². The lowest BCUT2D eigenvalue weighted by Crippen LogP contribution is -2.35. The number of esters is 1. The van der Waals surface area contributed by atoms with E-state index < -0.39 is 0 Å². The predicted molar refractivity (Wildman–Crippen MR) is 167 cm³/mol. The second-order valence-corrected chi connectivity index (χ2v) is 11.9. The van der Waals surface area contributed by atoms with Gasteiger partial charge in [-0.15, -0.1) is 0 Å². The molecule has 2 saturated heterocycles. The molecule has 0 amide bonds. The highest BCUT2D eigenvalue weighted by Gasteiger charge is 2.26. The number of hydrogen-bond donors (Lipinski definition) is 0. The molecule has 10 nitrogen and oxygen atoms in total. The van der Waals surface area contributed by atoms with E-state index >= 15 is 0 Å². The van der Waals surface area contributed by atoms with Crippen molar-refractivity contribution >= 4 is 39.6 Å². The molecule has 2 aliphatic rings. The number of fused-ring (bicyclic) bond motifs is 2. The smallest absolute Gasteiger partial charge is 0.337 e. The van der Waals surface area contributed by atoms with Crippen molar-refractivity contribution in [3.63, 3.8) is 0 Å². The van der Waals surface area contributed by atoms with E-state index in [-0.39, 0.29) is 23.9 Å². The first-order valence-electron chi connectivity index (χ1n) is 15.1. The van der Waals surface area contributed by atoms with Crippen LogP contribution in [0.3, 0.4) is 0 Å². The van der Waals surface area contributed by atoms with Gasteiger partial charge < -0.3 is 23.2 Å². The Morgan fingerprint density at radius 3 is 2.71 bits per heavy atom. The molecule has 0 saturated carbocycles. The number of piperidine rings is 1. The van der Waals surface area contributed by atoms with Crippen LogP contribution in [0.2, 0.25) is 5.22 Å². The fourth-order valence-electron chi connectivity index (χ4n) is 6.21. The van der Waals surface area contributed by atoms with E-state index in [0.717, 1.165) is 67.1 Å². The average Bonchev–Trinajstić information content (AvgIpc) is 3.60. The number of hydrogen-bond acceptors (Lipinski definition) is 9. The van der Waals surface area contributed by atoms with Crippen LogP contribution < -0.4 is 4.74 Å². The molecular formula is C34H32ClN5O5. The predicted octanol–water partition coefficient (Wildman–Crippen LogP) is 6.24. The van der Waals surface area contributed by atoms with Gasteiger partial charge in [0.2, 0.25) is 5.88 Å². The summed E-state index contributed by atoms with van der Waals surface area (Å²) < 4.78 is 24.6. The minimum atomic E-state index is -0.356. The van der Waals surface area contributed by atoms with Crippen LogP contribution in [0.1, 0.15) is 58.2 Å². The highest BCUT2D eigenvalue weighted by molar-refractivity contribution is 6.29. The number of furan rings is 1. The van der Waals surface area contributed by atoms with Gasteiger partial charge >= 0.3 is 5.97 Å². The van der Waals surface area contributed by atoms with Crippen molar-refractivity contribution in [2.45, 2.75) is 51.0 Å². The molecule has 5 heterocycles. The summed E-state index contributed by atoms with van der Waals surface area (Å²) in [6.45, 7) is 4.28. The minimum absolute atomic E-state index is 0.161. The molecule has 0 N–H and O–H groups in total. The van der Waals surface area contributed by atoms with Crippen molar-refractivity contribution in [2.75, 3.05) is 26.8 Å². The van der Waals surface area contributed by atoms with Gasteiger partial charge in [0.05, 0.1) is 54.5 Å². The monoisotopic (exact) mass is 625 g/mol. The van der Waals surface area contributed by atoms with E-state index in [1.807, 2.05) is 30.3 Å². The molecule has 0 aliphatic carbocycles. The normalized spacial score (nSPS) is 17.3. The Morgan fingerprint density at radius 1 is 1.11 bits per heavy atom. The number of aromatic nitrogens is 3. The molecule has 0 spiro atoms. The third-order valence-corrected chi connectivity index (χ3v) is 8.96. The van der Waals surface area contributed by atoms with Crippen molar-refractivity contribution < 1.29 is 23.4 Å². The Labute approximate surface area is 265 Å². The van der Waals surface area contributed by atoms with Gasteiger partial charge in [-0.3, -0.25) is 4.90 Å². The zero-order valence-corrected chi connectivity index (χ0v) is 25.6. The number of carbonyl (C=O) groups is 1. The Kier molecular flexibility index (Phi) is 8.15. The third kappa shape index (κ3) is 5.99. The molecular weight excluding hydrogens is 594 g/mol. The summed E-state index contributed by atoms with van der Waals surface area (Å²) in [4.78, 5) is 24.4. The fourth-order valence-corrected chi connectivity index (χ4v) is 6.40. The lowest BCUT2D eigenvalue weighted by molar-refractivity contribution is -0.0592. The maximum absolute atomic E-state index is 12.2. The Bertz CT molecular complexity index is 1920. The van der Waals surface area contributed by atoms with E-state index in [0.29, 0.717) is 47.0 Å². The molecule has 7 rings (SSSR count). The number of imidazole rings is 1. The minimum Gasteiger partial charge on any atom is -0.473 e. The summed E-state index contributed by atoms with van der Waals surface area (Å²) in [5, 5.41) is 10.3. The molecule has 5 aromatic rings. The maximum Gasteiger partial charge on any atom is 0.337 e. The number of likely N-dealkylation sites (tertiary alicyclic amines) is 1. The Hall–Kier alpha value is -4.43. The van der Waals surface area contributed by atoms with Gasteiger partial charge in [-0.05, 0) is 74.3 Å². The van der Waals surface area contributed by atoms with Gasteiger partial charge in [0.1, 0.15) is 18.0 Å². The summed E-state index contributed by atoms with van der Waals surface area (Å²) in [7, 11) is 1.40. The molecule has 1 atom stereocenters. The van der Waals surface area contributed by atoms with Gasteiger partial charge in [0, 0.05) is 41.3 Å². The SMILES string of the molecule is COC(=O)c1ccc2nc(CN3CCC(c4cccc(OCc5ccc(C#N)c6cc(Cl)oc56)n4)CC3)n(C[C@@H]3CCO3)c2c1. The molecule has 2 fully saturated rings. The zero-order chi connectivity index (χ0) is 30.9. The summed E-state index contributed by atoms with van der Waals surface area (Å²) in [5.74, 6) is 1.48. The molecule has 0 radical (unpaired) electrons. The van der Waals surface area contributed by atoms with Crippen LogP contribution in [0.5, 0.6) is 5.88 Å².